The summed E-state index contributed by atoms with van der Waals surface area (Å²) in [5.74, 6) is 3.14. The van der Waals surface area contributed by atoms with Gasteiger partial charge in [0.05, 0.1) is 46.2 Å². The molecule has 3 aromatic rings. The lowest BCUT2D eigenvalue weighted by Crippen LogP contribution is -2.35. The molecular formula is C45H65N3O7S2. The van der Waals surface area contributed by atoms with E-state index in [0.29, 0.717) is 32.1 Å². The maximum absolute atomic E-state index is 11.6. The second-order valence-corrected chi connectivity index (χ2v) is 13.6. The zero-order valence-electron chi connectivity index (χ0n) is 35.4. The molecule has 10 nitrogen and oxygen atoms in total. The number of hydrogen-bond donors (Lipinski definition) is 2. The summed E-state index contributed by atoms with van der Waals surface area (Å²) in [5.41, 5.74) is 3.31. The summed E-state index contributed by atoms with van der Waals surface area (Å²) in [6, 6.07) is 26.6. The molecule has 0 bridgehead atoms. The van der Waals surface area contributed by atoms with Gasteiger partial charge in [0.1, 0.15) is 22.9 Å². The highest BCUT2D eigenvalue weighted by atomic mass is 33.1. The first-order valence-corrected chi connectivity index (χ1v) is 21.1. The Labute approximate surface area is 352 Å². The van der Waals surface area contributed by atoms with Crippen LogP contribution >= 0.6 is 23.3 Å². The van der Waals surface area contributed by atoms with Gasteiger partial charge in [0.25, 0.3) is 0 Å². The number of rotatable bonds is 14. The lowest BCUT2D eigenvalue weighted by Gasteiger charge is -2.37. The third kappa shape index (κ3) is 15.9. The van der Waals surface area contributed by atoms with E-state index in [-0.39, 0.29) is 18.1 Å². The zero-order chi connectivity index (χ0) is 42.1. The molecule has 0 saturated carbocycles. The molecular weight excluding hydrogens is 759 g/mol. The minimum atomic E-state index is -0.783. The monoisotopic (exact) mass is 823 g/mol. The van der Waals surface area contributed by atoms with Crippen LogP contribution in [0.25, 0.3) is 0 Å². The predicted octanol–water partition coefficient (Wildman–Crippen LogP) is 9.42. The van der Waals surface area contributed by atoms with Crippen LogP contribution in [-0.4, -0.2) is 96.5 Å². The molecule has 1 amide bonds. The van der Waals surface area contributed by atoms with Gasteiger partial charge in [0.15, 0.2) is 5.84 Å². The highest BCUT2D eigenvalue weighted by molar-refractivity contribution is 8.59. The number of carbonyl (C=O) groups is 1. The Kier molecular flexibility index (Phi) is 24.2. The number of aliphatic imine (C=N–C) groups is 2. The van der Waals surface area contributed by atoms with Crippen molar-refractivity contribution in [3.63, 3.8) is 0 Å². The number of ether oxygens (including phenoxy) is 6. The third-order valence-electron chi connectivity index (χ3n) is 9.52. The molecule has 2 aliphatic heterocycles. The molecule has 0 spiro atoms. The number of likely N-dealkylation sites (tertiary alicyclic amines) is 1. The lowest BCUT2D eigenvalue weighted by molar-refractivity contribution is -0.117. The summed E-state index contributed by atoms with van der Waals surface area (Å²) in [5, 5.41) is 0. The van der Waals surface area contributed by atoms with Crippen LogP contribution in [0.5, 0.6) is 11.5 Å². The van der Waals surface area contributed by atoms with Crippen LogP contribution in [0.3, 0.4) is 0 Å². The average molecular weight is 824 g/mol. The first kappa shape index (κ1) is 49.5. The molecule has 2 saturated heterocycles. The summed E-state index contributed by atoms with van der Waals surface area (Å²) in [7, 11) is 8.69. The highest BCUT2D eigenvalue weighted by Gasteiger charge is 2.39. The van der Waals surface area contributed by atoms with Crippen molar-refractivity contribution >= 4 is 40.9 Å². The van der Waals surface area contributed by atoms with Crippen LogP contribution in [0.1, 0.15) is 82.9 Å². The van der Waals surface area contributed by atoms with Gasteiger partial charge in [-0.05, 0) is 93.0 Å². The number of methoxy groups -OCH3 is 4. The van der Waals surface area contributed by atoms with Gasteiger partial charge in [-0.1, -0.05) is 67.6 Å². The number of amides is 1. The number of hydrogen-bond acceptors (Lipinski definition) is 9. The molecule has 0 aromatic heterocycles. The van der Waals surface area contributed by atoms with Crippen LogP contribution in [0.15, 0.2) is 100 Å². The molecule has 2 heterocycles. The molecule has 2 aliphatic rings. The number of nitrogens with zero attached hydrogens (tertiary/aromatic N) is 3. The van der Waals surface area contributed by atoms with Crippen molar-refractivity contribution in [3.05, 3.63) is 107 Å². The summed E-state index contributed by atoms with van der Waals surface area (Å²) >= 11 is 6.44. The van der Waals surface area contributed by atoms with E-state index in [4.69, 9.17) is 18.9 Å². The average Bonchev–Trinajstić information content (AvgIpc) is 3.87. The fraction of sp³-hybridized carbons (Fsp3) is 0.489. The maximum Gasteiger partial charge on any atom is 0.247 e. The summed E-state index contributed by atoms with van der Waals surface area (Å²) in [6.45, 7) is 10.9. The number of allylic oxidation sites excluding steroid dienone is 1. The molecule has 2 unspecified atom stereocenters. The smallest absolute Gasteiger partial charge is 0.247 e. The topological polar surface area (TPSA) is 100 Å². The molecule has 0 radical (unpaired) electrons. The first-order valence-electron chi connectivity index (χ1n) is 19.5. The Morgan fingerprint density at radius 3 is 1.84 bits per heavy atom. The SMILES string of the molecule is C/C=C(/C)C(=NC(=O)CCC)N=C1CCCN1C.COCCOC.COc1ccc(C(OCC2CCC(C)O2)(c2ccccc2)c2ccc(OC)cc2)cc1.SS. The Balaban J connectivity index is 0.000000365. The van der Waals surface area contributed by atoms with E-state index in [0.717, 1.165) is 78.2 Å². The summed E-state index contributed by atoms with van der Waals surface area (Å²) in [4.78, 5) is 22.4. The molecule has 3 aromatic carbocycles. The quantitative estimate of drug-likeness (QED) is 0.0415. The van der Waals surface area contributed by atoms with E-state index < -0.39 is 5.60 Å². The van der Waals surface area contributed by atoms with E-state index in [9.17, 15) is 4.79 Å². The van der Waals surface area contributed by atoms with E-state index in [1.54, 1.807) is 28.4 Å². The van der Waals surface area contributed by atoms with Crippen molar-refractivity contribution in [2.75, 3.05) is 61.9 Å². The van der Waals surface area contributed by atoms with Crippen molar-refractivity contribution < 1.29 is 33.2 Å². The normalized spacial score (nSPS) is 17.5. The number of amidine groups is 2. The third-order valence-corrected chi connectivity index (χ3v) is 9.52. The van der Waals surface area contributed by atoms with Gasteiger partial charge in [-0.15, -0.1) is 23.3 Å². The number of carbonyl (C=O) groups excluding carboxylic acids is 1. The van der Waals surface area contributed by atoms with E-state index in [2.05, 4.69) is 103 Å². The molecule has 2 fully saturated rings. The van der Waals surface area contributed by atoms with Crippen molar-refractivity contribution in [1.82, 2.24) is 4.90 Å². The standard InChI is InChI=1S/C27H30O4.C14H23N3O.C4H10O2.H2S2/c1-20-9-14-26(31-20)19-30-27(21-7-5-4-6-8-21,22-10-15-24(28-2)16-11-22)23-12-17-25(29-3)18-13-23;1-5-8-13(18)16-14(11(3)6-2)15-12-9-7-10-17(12)4;1-5-3-4-6-2;1-2/h4-8,10-13,15-18,20,26H,9,14,19H2,1-3H3;6H,5,7-10H2,1-4H3;3-4H2,1-2H3;1-2H/b;11-6-,15-12?,16-14?;;. The Morgan fingerprint density at radius 1 is 0.877 bits per heavy atom. The van der Waals surface area contributed by atoms with Crippen molar-refractivity contribution in [2.24, 2.45) is 9.98 Å². The minimum Gasteiger partial charge on any atom is -0.497 e. The second kappa shape index (κ2) is 27.9. The first-order chi connectivity index (χ1) is 27.6. The van der Waals surface area contributed by atoms with Crippen molar-refractivity contribution in [3.8, 4) is 11.5 Å². The molecule has 0 aliphatic carbocycles. The minimum absolute atomic E-state index is 0.0845. The van der Waals surface area contributed by atoms with Crippen LogP contribution in [0.2, 0.25) is 0 Å². The summed E-state index contributed by atoms with van der Waals surface area (Å²) < 4.78 is 33.0. The summed E-state index contributed by atoms with van der Waals surface area (Å²) in [6.07, 6.45) is 7.79. The second-order valence-electron chi connectivity index (χ2n) is 13.6. The fourth-order valence-corrected chi connectivity index (χ4v) is 6.24. The zero-order valence-corrected chi connectivity index (χ0v) is 37.2. The van der Waals surface area contributed by atoms with Crippen LogP contribution in [0, 0.1) is 0 Å². The predicted molar refractivity (Wildman–Crippen MR) is 240 cm³/mol. The van der Waals surface area contributed by atoms with Gasteiger partial charge in [-0.3, -0.25) is 4.79 Å². The van der Waals surface area contributed by atoms with Gasteiger partial charge in [-0.2, -0.15) is 4.99 Å². The van der Waals surface area contributed by atoms with Gasteiger partial charge in [0.2, 0.25) is 5.91 Å². The van der Waals surface area contributed by atoms with Crippen LogP contribution < -0.4 is 9.47 Å². The lowest BCUT2D eigenvalue weighted by atomic mass is 9.80. The van der Waals surface area contributed by atoms with Crippen LogP contribution in [0.4, 0.5) is 0 Å². The van der Waals surface area contributed by atoms with E-state index in [1.807, 2.05) is 64.2 Å². The van der Waals surface area contributed by atoms with E-state index >= 15 is 0 Å². The van der Waals surface area contributed by atoms with Crippen molar-refractivity contribution in [1.29, 1.82) is 0 Å². The Morgan fingerprint density at radius 2 is 1.42 bits per heavy atom. The van der Waals surface area contributed by atoms with Gasteiger partial charge in [0, 0.05) is 40.7 Å². The molecule has 5 rings (SSSR count). The molecule has 314 valence electrons. The number of thiol groups is 2. The number of benzene rings is 3. The van der Waals surface area contributed by atoms with Gasteiger partial charge >= 0.3 is 0 Å². The fourth-order valence-electron chi connectivity index (χ4n) is 6.24. The van der Waals surface area contributed by atoms with E-state index in [1.165, 1.54) is 0 Å². The molecule has 2 atom stereocenters. The van der Waals surface area contributed by atoms with Gasteiger partial charge < -0.3 is 33.3 Å². The Hall–Kier alpha value is -3.65. The van der Waals surface area contributed by atoms with Crippen molar-refractivity contribution in [2.45, 2.75) is 84.0 Å². The molecule has 12 heteroatoms. The van der Waals surface area contributed by atoms with Crippen LogP contribution in [-0.2, 0) is 29.3 Å². The molecule has 0 N–H and O–H groups in total. The largest absolute Gasteiger partial charge is 0.497 e. The van der Waals surface area contributed by atoms with Gasteiger partial charge in [-0.25, -0.2) is 4.99 Å². The molecule has 57 heavy (non-hydrogen) atoms. The highest BCUT2D eigenvalue weighted by Crippen LogP contribution is 2.42. The maximum atomic E-state index is 11.6. The Bertz CT molecular complexity index is 1600.